The molecule has 2 aliphatic heterocycles. The number of nitrogens with zero attached hydrogens (tertiary/aromatic N) is 1. The minimum Gasteiger partial charge on any atom is -0.491 e. The quantitative estimate of drug-likeness (QED) is 0.255. The fourth-order valence-corrected chi connectivity index (χ4v) is 7.92. The van der Waals surface area contributed by atoms with E-state index >= 15 is 0 Å². The molecule has 0 unspecified atom stereocenters. The van der Waals surface area contributed by atoms with Crippen LogP contribution >= 0.6 is 15.9 Å². The summed E-state index contributed by atoms with van der Waals surface area (Å²) >= 11 is 3.53. The molecule has 7 rings (SSSR count). The van der Waals surface area contributed by atoms with Crippen molar-refractivity contribution in [1.82, 2.24) is 4.57 Å². The molecular formula is C39H48BrN3O5. The lowest BCUT2D eigenvalue weighted by Gasteiger charge is -2.25. The maximum absolute atomic E-state index is 12.1. The first-order chi connectivity index (χ1) is 23.2. The van der Waals surface area contributed by atoms with Crippen molar-refractivity contribution in [2.45, 2.75) is 96.8 Å². The molecule has 2 aliphatic carbocycles. The minimum atomic E-state index is 0.0164. The third-order valence-corrected chi connectivity index (χ3v) is 10.7. The number of amides is 2. The van der Waals surface area contributed by atoms with E-state index in [-0.39, 0.29) is 17.4 Å². The van der Waals surface area contributed by atoms with E-state index in [9.17, 15) is 14.4 Å². The molecule has 3 heterocycles. The average Bonchev–Trinajstić information content (AvgIpc) is 3.09. The first-order valence-electron chi connectivity index (χ1n) is 17.8. The van der Waals surface area contributed by atoms with Gasteiger partial charge in [-0.15, -0.1) is 0 Å². The van der Waals surface area contributed by atoms with Gasteiger partial charge in [-0.3, -0.25) is 14.4 Å². The highest BCUT2D eigenvalue weighted by Gasteiger charge is 2.23. The average molecular weight is 719 g/mol. The molecule has 4 aliphatic rings. The molecule has 2 fully saturated rings. The Morgan fingerprint density at radius 3 is 1.75 bits per heavy atom. The molecule has 48 heavy (non-hydrogen) atoms. The van der Waals surface area contributed by atoms with Gasteiger partial charge < -0.3 is 24.7 Å². The summed E-state index contributed by atoms with van der Waals surface area (Å²) in [5, 5.41) is 5.97. The van der Waals surface area contributed by atoms with Gasteiger partial charge >= 0.3 is 0 Å². The topological polar surface area (TPSA) is 98.7 Å². The Balaban J connectivity index is 0.000000177. The molecule has 2 amide bonds. The smallest absolute Gasteiger partial charge is 0.253 e. The second-order valence-corrected chi connectivity index (χ2v) is 14.9. The van der Waals surface area contributed by atoms with Gasteiger partial charge in [-0.1, -0.05) is 54.5 Å². The summed E-state index contributed by atoms with van der Waals surface area (Å²) in [6, 6.07) is 10.1. The second kappa shape index (κ2) is 15.7. The summed E-state index contributed by atoms with van der Waals surface area (Å²) < 4.78 is 14.9. The van der Waals surface area contributed by atoms with Crippen LogP contribution in [0, 0.1) is 18.8 Å². The largest absolute Gasteiger partial charge is 0.491 e. The zero-order valence-corrected chi connectivity index (χ0v) is 29.9. The predicted molar refractivity (Wildman–Crippen MR) is 194 cm³/mol. The van der Waals surface area contributed by atoms with Crippen LogP contribution in [-0.2, 0) is 29.5 Å². The molecule has 2 saturated carbocycles. The lowest BCUT2D eigenvalue weighted by molar-refractivity contribution is -0.117. The number of carbonyl (C=O) groups is 2. The molecule has 2 N–H and O–H groups in total. The van der Waals surface area contributed by atoms with Crippen LogP contribution in [0.2, 0.25) is 0 Å². The van der Waals surface area contributed by atoms with Crippen LogP contribution in [0.25, 0.3) is 11.1 Å². The predicted octanol–water partition coefficient (Wildman–Crippen LogP) is 8.50. The van der Waals surface area contributed by atoms with Gasteiger partial charge in [0.15, 0.2) is 0 Å². The number of halogens is 1. The standard InChI is InChI=1S/C23H28N2O3.C16H20BrNO2/c1-15-10-19(13-25(2)23(15)27)18-11-17-8-9-21(26)24-22(17)20(12-18)28-14-16-6-4-3-5-7-16;17-13-8-12-6-7-15(19)18-16(12)14(9-13)20-10-11-4-2-1-3-5-11/h10-13,16H,3-9,14H2,1-2H3,(H,24,26);8-9,11H,1-7,10H2,(H,18,19). The van der Waals surface area contributed by atoms with Crippen LogP contribution in [0.5, 0.6) is 11.5 Å². The van der Waals surface area contributed by atoms with Crippen molar-refractivity contribution >= 4 is 39.1 Å². The van der Waals surface area contributed by atoms with E-state index in [4.69, 9.17) is 9.47 Å². The molecule has 0 saturated heterocycles. The number of hydrogen-bond acceptors (Lipinski definition) is 5. The number of rotatable bonds is 7. The maximum Gasteiger partial charge on any atom is 0.253 e. The summed E-state index contributed by atoms with van der Waals surface area (Å²) in [6.45, 7) is 3.29. The lowest BCUT2D eigenvalue weighted by atomic mass is 9.90. The third kappa shape index (κ3) is 8.52. The molecule has 1 aromatic heterocycles. The lowest BCUT2D eigenvalue weighted by Crippen LogP contribution is -2.21. The minimum absolute atomic E-state index is 0.0164. The molecule has 9 heteroatoms. The highest BCUT2D eigenvalue weighted by molar-refractivity contribution is 9.10. The molecule has 0 spiro atoms. The van der Waals surface area contributed by atoms with Crippen molar-refractivity contribution in [2.24, 2.45) is 18.9 Å². The van der Waals surface area contributed by atoms with E-state index in [1.807, 2.05) is 31.3 Å². The number of hydrogen-bond donors (Lipinski definition) is 2. The monoisotopic (exact) mass is 717 g/mol. The SMILES string of the molecule is Cc1cc(-c2cc3c(c(OCC4CCCCC4)c2)NC(=O)CC3)cn(C)c1=O.O=C1CCc2cc(Br)cc(OCC3CCCCC3)c2N1. The molecule has 0 radical (unpaired) electrons. The van der Waals surface area contributed by atoms with Crippen LogP contribution in [0.4, 0.5) is 11.4 Å². The van der Waals surface area contributed by atoms with Crippen molar-refractivity contribution in [2.75, 3.05) is 23.8 Å². The van der Waals surface area contributed by atoms with Gasteiger partial charge in [0.25, 0.3) is 5.56 Å². The highest BCUT2D eigenvalue weighted by Crippen LogP contribution is 2.39. The fourth-order valence-electron chi connectivity index (χ4n) is 7.44. The van der Waals surface area contributed by atoms with Crippen molar-refractivity contribution in [3.63, 3.8) is 0 Å². The van der Waals surface area contributed by atoms with Crippen molar-refractivity contribution in [3.8, 4) is 22.6 Å². The Bertz CT molecular complexity index is 1680. The summed E-state index contributed by atoms with van der Waals surface area (Å²) in [5.74, 6) is 2.94. The molecule has 8 nitrogen and oxygen atoms in total. The molecule has 2 aromatic carbocycles. The number of benzene rings is 2. The number of fused-ring (bicyclic) bond motifs is 2. The van der Waals surface area contributed by atoms with E-state index < -0.39 is 0 Å². The van der Waals surface area contributed by atoms with Crippen molar-refractivity contribution < 1.29 is 19.1 Å². The number of aryl methyl sites for hydroxylation is 4. The molecule has 0 atom stereocenters. The van der Waals surface area contributed by atoms with E-state index in [0.717, 1.165) is 68.2 Å². The van der Waals surface area contributed by atoms with Gasteiger partial charge in [-0.2, -0.15) is 0 Å². The Labute approximate surface area is 292 Å². The van der Waals surface area contributed by atoms with Gasteiger partial charge in [-0.05, 0) is 110 Å². The second-order valence-electron chi connectivity index (χ2n) is 14.0. The Morgan fingerprint density at radius 1 is 0.688 bits per heavy atom. The zero-order chi connectivity index (χ0) is 33.6. The molecule has 0 bridgehead atoms. The highest BCUT2D eigenvalue weighted by atomic mass is 79.9. The maximum atomic E-state index is 12.1. The number of aromatic nitrogens is 1. The van der Waals surface area contributed by atoms with Gasteiger partial charge in [-0.25, -0.2) is 0 Å². The van der Waals surface area contributed by atoms with Crippen LogP contribution in [-0.4, -0.2) is 29.6 Å². The normalized spacial score (nSPS) is 18.1. The number of ether oxygens (including phenoxy) is 2. The molecular weight excluding hydrogens is 670 g/mol. The first-order valence-corrected chi connectivity index (χ1v) is 18.5. The first kappa shape index (κ1) is 34.3. The number of pyridine rings is 1. The summed E-state index contributed by atoms with van der Waals surface area (Å²) in [7, 11) is 1.78. The van der Waals surface area contributed by atoms with E-state index in [1.165, 1.54) is 64.2 Å². The van der Waals surface area contributed by atoms with Gasteiger partial charge in [0, 0.05) is 36.1 Å². The van der Waals surface area contributed by atoms with E-state index in [2.05, 4.69) is 38.7 Å². The van der Waals surface area contributed by atoms with Crippen LogP contribution in [0.3, 0.4) is 0 Å². The number of carbonyl (C=O) groups excluding carboxylic acids is 2. The van der Waals surface area contributed by atoms with Crippen molar-refractivity contribution in [3.05, 3.63) is 68.0 Å². The number of nitrogens with one attached hydrogen (secondary N) is 2. The Hall–Kier alpha value is -3.59. The Kier molecular flexibility index (Phi) is 11.2. The summed E-state index contributed by atoms with van der Waals surface area (Å²) in [6.07, 6.45) is 17.3. The van der Waals surface area contributed by atoms with Crippen LogP contribution in [0.15, 0.2) is 45.8 Å². The summed E-state index contributed by atoms with van der Waals surface area (Å²) in [5.41, 5.74) is 6.70. The van der Waals surface area contributed by atoms with Gasteiger partial charge in [0.1, 0.15) is 11.5 Å². The van der Waals surface area contributed by atoms with Crippen LogP contribution in [0.1, 0.15) is 93.7 Å². The van der Waals surface area contributed by atoms with E-state index in [1.54, 1.807) is 11.6 Å². The van der Waals surface area contributed by atoms with Gasteiger partial charge in [0.2, 0.25) is 11.8 Å². The molecule has 3 aromatic rings. The Morgan fingerprint density at radius 2 is 1.21 bits per heavy atom. The fraction of sp³-hybridized carbons (Fsp3) is 0.513. The number of anilines is 2. The molecule has 256 valence electrons. The van der Waals surface area contributed by atoms with E-state index in [0.29, 0.717) is 37.7 Å². The van der Waals surface area contributed by atoms with Crippen LogP contribution < -0.4 is 25.7 Å². The third-order valence-electron chi connectivity index (χ3n) is 10.2. The zero-order valence-electron chi connectivity index (χ0n) is 28.3. The van der Waals surface area contributed by atoms with Crippen molar-refractivity contribution in [1.29, 1.82) is 0 Å². The summed E-state index contributed by atoms with van der Waals surface area (Å²) in [4.78, 5) is 35.6. The van der Waals surface area contributed by atoms with Gasteiger partial charge in [0.05, 0.1) is 24.6 Å².